The van der Waals surface area contributed by atoms with Crippen LogP contribution in [0.25, 0.3) is 6.08 Å². The van der Waals surface area contributed by atoms with Crippen molar-refractivity contribution >= 4 is 45.6 Å². The number of ether oxygens (including phenoxy) is 2. The van der Waals surface area contributed by atoms with Crippen LogP contribution < -0.4 is 10.1 Å². The SMILES string of the molecule is COC(=O)c1ccc(CN2C(=O)N/C(=C\c3cc(Br)c(OCc4ccccc4F)c([N+](=O)[O-])c3)C2=O)o1. The summed E-state index contributed by atoms with van der Waals surface area (Å²) in [7, 11) is 1.18. The molecule has 0 aliphatic carbocycles. The Bertz CT molecular complexity index is 1450. The summed E-state index contributed by atoms with van der Waals surface area (Å²) >= 11 is 3.23. The van der Waals surface area contributed by atoms with E-state index in [0.29, 0.717) is 0 Å². The maximum absolute atomic E-state index is 13.9. The number of nitro groups is 1. The number of nitro benzene ring substituents is 1. The van der Waals surface area contributed by atoms with Gasteiger partial charge in [0.2, 0.25) is 11.5 Å². The molecular formula is C24H17BrFN3O8. The van der Waals surface area contributed by atoms with Crippen molar-refractivity contribution in [2.45, 2.75) is 13.2 Å². The van der Waals surface area contributed by atoms with Crippen molar-refractivity contribution in [3.63, 3.8) is 0 Å². The lowest BCUT2D eigenvalue weighted by Gasteiger charge is -2.11. The van der Waals surface area contributed by atoms with Gasteiger partial charge in [0.05, 0.1) is 23.1 Å². The van der Waals surface area contributed by atoms with E-state index in [0.717, 1.165) is 11.0 Å². The van der Waals surface area contributed by atoms with Crippen molar-refractivity contribution < 1.29 is 37.6 Å². The molecule has 0 unspecified atom stereocenters. The Balaban J connectivity index is 1.55. The first-order chi connectivity index (χ1) is 17.7. The van der Waals surface area contributed by atoms with Crippen LogP contribution in [0.4, 0.5) is 14.9 Å². The van der Waals surface area contributed by atoms with E-state index in [9.17, 15) is 28.9 Å². The zero-order chi connectivity index (χ0) is 26.7. The third-order valence-electron chi connectivity index (χ3n) is 5.21. The first-order valence-corrected chi connectivity index (χ1v) is 11.3. The van der Waals surface area contributed by atoms with Crippen LogP contribution in [0, 0.1) is 15.9 Å². The van der Waals surface area contributed by atoms with Crippen molar-refractivity contribution in [3.8, 4) is 5.75 Å². The van der Waals surface area contributed by atoms with Gasteiger partial charge in [-0.15, -0.1) is 0 Å². The number of carbonyl (C=O) groups is 3. The summed E-state index contributed by atoms with van der Waals surface area (Å²) in [6.07, 6.45) is 1.26. The number of carbonyl (C=O) groups excluding carboxylic acids is 3. The van der Waals surface area contributed by atoms with E-state index in [2.05, 4.69) is 26.0 Å². The Labute approximate surface area is 216 Å². The van der Waals surface area contributed by atoms with Gasteiger partial charge in [0.15, 0.2) is 0 Å². The number of amides is 3. The van der Waals surface area contributed by atoms with Crippen LogP contribution in [0.3, 0.4) is 0 Å². The second-order valence-corrected chi connectivity index (χ2v) is 8.48. The van der Waals surface area contributed by atoms with Gasteiger partial charge in [0.25, 0.3) is 5.91 Å². The molecule has 2 aromatic carbocycles. The molecule has 190 valence electrons. The molecule has 1 saturated heterocycles. The molecule has 0 spiro atoms. The van der Waals surface area contributed by atoms with Gasteiger partial charge in [-0.1, -0.05) is 18.2 Å². The number of furan rings is 1. The van der Waals surface area contributed by atoms with E-state index in [-0.39, 0.29) is 51.7 Å². The summed E-state index contributed by atoms with van der Waals surface area (Å²) in [5, 5.41) is 14.1. The van der Waals surface area contributed by atoms with Gasteiger partial charge in [-0.05, 0) is 51.8 Å². The summed E-state index contributed by atoms with van der Waals surface area (Å²) < 4.78 is 29.5. The van der Waals surface area contributed by atoms with Gasteiger partial charge < -0.3 is 19.2 Å². The summed E-state index contributed by atoms with van der Waals surface area (Å²) in [6.45, 7) is -0.508. The average molecular weight is 574 g/mol. The van der Waals surface area contributed by atoms with Gasteiger partial charge >= 0.3 is 17.7 Å². The highest BCUT2D eigenvalue weighted by molar-refractivity contribution is 9.10. The van der Waals surface area contributed by atoms with Crippen molar-refractivity contribution in [2.24, 2.45) is 0 Å². The largest absolute Gasteiger partial charge is 0.481 e. The molecule has 1 aliphatic heterocycles. The number of hydrogen-bond acceptors (Lipinski definition) is 8. The Kier molecular flexibility index (Phi) is 7.34. The number of rotatable bonds is 8. The highest BCUT2D eigenvalue weighted by atomic mass is 79.9. The van der Waals surface area contributed by atoms with Crippen LogP contribution in [0.15, 0.2) is 63.1 Å². The van der Waals surface area contributed by atoms with Gasteiger partial charge in [-0.3, -0.25) is 19.8 Å². The lowest BCUT2D eigenvalue weighted by atomic mass is 10.1. The fourth-order valence-corrected chi connectivity index (χ4v) is 4.02. The summed E-state index contributed by atoms with van der Waals surface area (Å²) in [5.41, 5.74) is -0.138. The average Bonchev–Trinajstić information content (AvgIpc) is 3.44. The van der Waals surface area contributed by atoms with Crippen molar-refractivity contribution in [2.75, 3.05) is 7.11 Å². The third kappa shape index (κ3) is 5.51. The zero-order valence-electron chi connectivity index (χ0n) is 19.0. The molecule has 11 nitrogen and oxygen atoms in total. The molecule has 1 aromatic heterocycles. The molecule has 1 N–H and O–H groups in total. The predicted octanol–water partition coefficient (Wildman–Crippen LogP) is 4.55. The van der Waals surface area contributed by atoms with Gasteiger partial charge in [-0.2, -0.15) is 0 Å². The molecule has 3 aromatic rings. The highest BCUT2D eigenvalue weighted by Gasteiger charge is 2.34. The van der Waals surface area contributed by atoms with E-state index in [1.165, 1.54) is 49.6 Å². The third-order valence-corrected chi connectivity index (χ3v) is 5.80. The predicted molar refractivity (Wildman–Crippen MR) is 129 cm³/mol. The molecule has 3 amide bonds. The summed E-state index contributed by atoms with van der Waals surface area (Å²) in [5.74, 6) is -1.98. The van der Waals surface area contributed by atoms with Crippen LogP contribution in [0.2, 0.25) is 0 Å². The number of hydrogen-bond donors (Lipinski definition) is 1. The molecule has 0 radical (unpaired) electrons. The van der Waals surface area contributed by atoms with Crippen molar-refractivity contribution in [1.29, 1.82) is 0 Å². The standard InChI is InChI=1S/C24H17BrFN3O8/c1-35-23(31)20-7-6-15(37-20)11-28-22(30)18(27-24(28)32)9-13-8-16(25)21(19(10-13)29(33)34)36-12-14-4-2-3-5-17(14)26/h2-10H,11-12H2,1H3,(H,27,32)/b18-9-. The summed E-state index contributed by atoms with van der Waals surface area (Å²) in [4.78, 5) is 48.6. The quantitative estimate of drug-likeness (QED) is 0.136. The van der Waals surface area contributed by atoms with Crippen LogP contribution in [-0.4, -0.2) is 34.8 Å². The Morgan fingerprint density at radius 2 is 2.00 bits per heavy atom. The smallest absolute Gasteiger partial charge is 0.373 e. The Hall–Kier alpha value is -4.52. The lowest BCUT2D eigenvalue weighted by molar-refractivity contribution is -0.386. The minimum absolute atomic E-state index is 0.0882. The van der Waals surface area contributed by atoms with Gasteiger partial charge in [0.1, 0.15) is 23.9 Å². The minimum Gasteiger partial charge on any atom is -0.481 e. The number of urea groups is 1. The zero-order valence-corrected chi connectivity index (χ0v) is 20.6. The van der Waals surface area contributed by atoms with Gasteiger partial charge in [-0.25, -0.2) is 14.0 Å². The first kappa shape index (κ1) is 25.6. The number of nitrogens with one attached hydrogen (secondary N) is 1. The minimum atomic E-state index is -0.745. The van der Waals surface area contributed by atoms with Crippen LogP contribution in [-0.2, 0) is 22.7 Å². The van der Waals surface area contributed by atoms with Crippen molar-refractivity contribution in [1.82, 2.24) is 10.2 Å². The molecule has 13 heteroatoms. The Morgan fingerprint density at radius 1 is 1.24 bits per heavy atom. The molecule has 0 bridgehead atoms. The maximum Gasteiger partial charge on any atom is 0.373 e. The van der Waals surface area contributed by atoms with E-state index in [1.54, 1.807) is 6.07 Å². The normalized spacial score (nSPS) is 14.1. The van der Waals surface area contributed by atoms with E-state index >= 15 is 0 Å². The topological polar surface area (TPSA) is 141 Å². The van der Waals surface area contributed by atoms with Crippen LogP contribution >= 0.6 is 15.9 Å². The molecule has 4 rings (SSSR count). The molecular weight excluding hydrogens is 557 g/mol. The molecule has 1 fully saturated rings. The monoisotopic (exact) mass is 573 g/mol. The van der Waals surface area contributed by atoms with E-state index < -0.39 is 34.3 Å². The number of nitrogens with zero attached hydrogens (tertiary/aromatic N) is 2. The number of imide groups is 1. The van der Waals surface area contributed by atoms with Gasteiger partial charge in [0, 0.05) is 11.6 Å². The van der Waals surface area contributed by atoms with E-state index in [4.69, 9.17) is 9.15 Å². The molecule has 2 heterocycles. The van der Waals surface area contributed by atoms with Crippen LogP contribution in [0.1, 0.15) is 27.4 Å². The molecule has 0 saturated carbocycles. The number of esters is 1. The second kappa shape index (κ2) is 10.6. The fourth-order valence-electron chi connectivity index (χ4n) is 3.44. The summed E-state index contributed by atoms with van der Waals surface area (Å²) in [6, 6.07) is 10.5. The molecule has 1 aliphatic rings. The van der Waals surface area contributed by atoms with Crippen molar-refractivity contribution in [3.05, 3.63) is 97.3 Å². The molecule has 0 atom stereocenters. The van der Waals surface area contributed by atoms with E-state index in [1.807, 2.05) is 0 Å². The first-order valence-electron chi connectivity index (χ1n) is 10.5. The van der Waals surface area contributed by atoms with Crippen LogP contribution in [0.5, 0.6) is 5.75 Å². The molecule has 37 heavy (non-hydrogen) atoms. The highest BCUT2D eigenvalue weighted by Crippen LogP contribution is 2.38. The fraction of sp³-hybridized carbons (Fsp3) is 0.125. The number of methoxy groups -OCH3 is 1. The number of benzene rings is 2. The number of halogens is 2. The maximum atomic E-state index is 13.9. The second-order valence-electron chi connectivity index (χ2n) is 7.63. The Morgan fingerprint density at radius 3 is 2.70 bits per heavy atom. The lowest BCUT2D eigenvalue weighted by Crippen LogP contribution is -2.30.